The molecule has 5 atom stereocenters. The van der Waals surface area contributed by atoms with Gasteiger partial charge in [0.15, 0.2) is 29.7 Å². The van der Waals surface area contributed by atoms with Gasteiger partial charge in [-0.3, -0.25) is 9.36 Å². The number of ether oxygens (including phenoxy) is 1. The number of hydrogen-bond donors (Lipinski definition) is 3. The van der Waals surface area contributed by atoms with Crippen molar-refractivity contribution in [2.75, 3.05) is 6.61 Å². The Bertz CT molecular complexity index is 766. The van der Waals surface area contributed by atoms with Crippen LogP contribution in [0.5, 0.6) is 0 Å². The van der Waals surface area contributed by atoms with E-state index in [2.05, 4.69) is 19.5 Å². The van der Waals surface area contributed by atoms with Crippen molar-refractivity contribution in [2.24, 2.45) is 0 Å². The minimum Gasteiger partial charge on any atom is -0.394 e. The van der Waals surface area contributed by atoms with Crippen molar-refractivity contribution in [1.29, 1.82) is 0 Å². The number of nitrogens with zero attached hydrogens (tertiary/aromatic N) is 3. The summed E-state index contributed by atoms with van der Waals surface area (Å²) in [4.78, 5) is 30.6. The van der Waals surface area contributed by atoms with Crippen LogP contribution < -0.4 is 5.56 Å². The molecule has 1 unspecified atom stereocenters. The Morgan fingerprint density at radius 3 is 2.91 bits per heavy atom. The zero-order valence-corrected chi connectivity index (χ0v) is 11.8. The molecule has 23 heavy (non-hydrogen) atoms. The van der Waals surface area contributed by atoms with Crippen LogP contribution in [0, 0.1) is 0 Å². The molecule has 2 aromatic rings. The molecule has 3 rings (SSSR count). The van der Waals surface area contributed by atoms with E-state index in [0.717, 1.165) is 6.33 Å². The van der Waals surface area contributed by atoms with E-state index >= 15 is 0 Å². The first-order chi connectivity index (χ1) is 10.5. The van der Waals surface area contributed by atoms with Gasteiger partial charge in [0, 0.05) is 4.57 Å². The monoisotopic (exact) mass is 349 g/mol. The Kier molecular flexibility index (Phi) is 5.17. The van der Waals surface area contributed by atoms with E-state index in [1.165, 1.54) is 10.9 Å². The van der Waals surface area contributed by atoms with Crippen LogP contribution in [0.3, 0.4) is 0 Å². The zero-order valence-electron chi connectivity index (χ0n) is 10.9. The SMILES string of the molecule is C.O=c1[nH]cnc2c1ncn2[C@@H]1O[C@H](CO)[C@@H](F)[C@H]1O[P+](=O)O. The molecule has 1 aliphatic heterocycles. The normalized spacial score (nSPS) is 27.9. The minimum absolute atomic E-state index is 0. The molecule has 1 fully saturated rings. The second-order valence-corrected chi connectivity index (χ2v) is 5.24. The van der Waals surface area contributed by atoms with Gasteiger partial charge in [-0.25, -0.2) is 14.4 Å². The third-order valence-electron chi connectivity index (χ3n) is 3.30. The van der Waals surface area contributed by atoms with Crippen molar-refractivity contribution >= 4 is 19.4 Å². The lowest BCUT2D eigenvalue weighted by Crippen LogP contribution is -2.30. The molecule has 0 radical (unpaired) electrons. The van der Waals surface area contributed by atoms with Gasteiger partial charge in [0.05, 0.1) is 19.3 Å². The predicted octanol–water partition coefficient (Wildman–Crippen LogP) is 0.0184. The van der Waals surface area contributed by atoms with Crippen molar-refractivity contribution in [3.05, 3.63) is 23.0 Å². The number of imidazole rings is 1. The smallest absolute Gasteiger partial charge is 0.394 e. The molecular weight excluding hydrogens is 334 g/mol. The molecule has 0 bridgehead atoms. The summed E-state index contributed by atoms with van der Waals surface area (Å²) in [5.41, 5.74) is -0.398. The summed E-state index contributed by atoms with van der Waals surface area (Å²) in [6, 6.07) is 0. The van der Waals surface area contributed by atoms with Crippen LogP contribution in [-0.2, 0) is 13.8 Å². The topological polar surface area (TPSA) is 140 Å². The maximum Gasteiger partial charge on any atom is 0.695 e. The molecule has 12 heteroatoms. The summed E-state index contributed by atoms with van der Waals surface area (Å²) in [5.74, 6) is 0. The Balaban J connectivity index is 0.00000192. The number of aliphatic hydroxyl groups is 1. The van der Waals surface area contributed by atoms with Gasteiger partial charge in [0.1, 0.15) is 6.10 Å². The van der Waals surface area contributed by atoms with Crippen molar-refractivity contribution < 1.29 is 28.2 Å². The van der Waals surface area contributed by atoms with Gasteiger partial charge in [0.25, 0.3) is 5.56 Å². The number of aromatic nitrogens is 4. The lowest BCUT2D eigenvalue weighted by atomic mass is 10.1. The fourth-order valence-corrected chi connectivity index (χ4v) is 2.76. The lowest BCUT2D eigenvalue weighted by Gasteiger charge is -2.15. The highest BCUT2D eigenvalue weighted by molar-refractivity contribution is 7.32. The van der Waals surface area contributed by atoms with E-state index < -0.39 is 45.0 Å². The third kappa shape index (κ3) is 3.01. The molecule has 1 aliphatic rings. The van der Waals surface area contributed by atoms with Crippen LogP contribution in [-0.4, -0.2) is 54.5 Å². The molecule has 3 N–H and O–H groups in total. The van der Waals surface area contributed by atoms with Gasteiger partial charge in [-0.2, -0.15) is 0 Å². The summed E-state index contributed by atoms with van der Waals surface area (Å²) in [7, 11) is -3.09. The number of rotatable bonds is 4. The van der Waals surface area contributed by atoms with E-state index in [0.29, 0.717) is 0 Å². The Morgan fingerprint density at radius 1 is 1.52 bits per heavy atom. The number of fused-ring (bicyclic) bond motifs is 1. The fraction of sp³-hybridized carbons (Fsp3) is 0.545. The zero-order chi connectivity index (χ0) is 15.9. The molecule has 1 saturated heterocycles. The van der Waals surface area contributed by atoms with Gasteiger partial charge in [-0.15, -0.1) is 9.42 Å². The third-order valence-corrected chi connectivity index (χ3v) is 3.72. The van der Waals surface area contributed by atoms with Gasteiger partial charge in [-0.1, -0.05) is 7.43 Å². The van der Waals surface area contributed by atoms with Gasteiger partial charge < -0.3 is 14.8 Å². The fourth-order valence-electron chi connectivity index (χ4n) is 2.33. The van der Waals surface area contributed by atoms with Crippen LogP contribution >= 0.6 is 8.25 Å². The van der Waals surface area contributed by atoms with E-state index in [1.54, 1.807) is 0 Å². The average molecular weight is 349 g/mol. The highest BCUT2D eigenvalue weighted by Crippen LogP contribution is 2.38. The Hall–Kier alpha value is -1.78. The molecule has 3 heterocycles. The predicted molar refractivity (Wildman–Crippen MR) is 75.5 cm³/mol. The largest absolute Gasteiger partial charge is 0.695 e. The van der Waals surface area contributed by atoms with E-state index in [-0.39, 0.29) is 18.6 Å². The van der Waals surface area contributed by atoms with Crippen LogP contribution in [0.2, 0.25) is 0 Å². The summed E-state index contributed by atoms with van der Waals surface area (Å²) in [5, 5.41) is 9.11. The van der Waals surface area contributed by atoms with Gasteiger partial charge in [-0.05, 0) is 0 Å². The summed E-state index contributed by atoms with van der Waals surface area (Å²) in [6.07, 6.45) is -3.40. The molecule has 0 saturated carbocycles. The van der Waals surface area contributed by atoms with Crippen LogP contribution in [0.4, 0.5) is 4.39 Å². The Labute approximate surface area is 129 Å². The van der Waals surface area contributed by atoms with Crippen molar-refractivity contribution in [2.45, 2.75) is 32.0 Å². The summed E-state index contributed by atoms with van der Waals surface area (Å²) in [6.45, 7) is -0.639. The molecule has 0 aromatic carbocycles. The number of nitrogens with one attached hydrogen (secondary N) is 1. The van der Waals surface area contributed by atoms with Gasteiger partial charge >= 0.3 is 8.25 Å². The first-order valence-electron chi connectivity index (χ1n) is 6.16. The number of hydrogen-bond acceptors (Lipinski definition) is 7. The molecule has 0 aliphatic carbocycles. The van der Waals surface area contributed by atoms with E-state index in [9.17, 15) is 13.8 Å². The van der Waals surface area contributed by atoms with Crippen LogP contribution in [0.25, 0.3) is 11.2 Å². The van der Waals surface area contributed by atoms with Crippen LogP contribution in [0.1, 0.15) is 13.7 Å². The number of H-pyrrole nitrogens is 1. The van der Waals surface area contributed by atoms with Crippen molar-refractivity contribution in [3.63, 3.8) is 0 Å². The summed E-state index contributed by atoms with van der Waals surface area (Å²) < 4.78 is 36.2. The first kappa shape index (κ1) is 17.6. The molecule has 10 nitrogen and oxygen atoms in total. The molecule has 2 aromatic heterocycles. The quantitative estimate of drug-likeness (QED) is 0.656. The molecule has 126 valence electrons. The molecular formula is C11H15FN4O6P+. The maximum absolute atomic E-state index is 14.2. The van der Waals surface area contributed by atoms with Crippen molar-refractivity contribution in [1.82, 2.24) is 19.5 Å². The minimum atomic E-state index is -3.09. The van der Waals surface area contributed by atoms with E-state index in [4.69, 9.17) is 14.7 Å². The van der Waals surface area contributed by atoms with E-state index in [1.807, 2.05) is 0 Å². The standard InChI is InChI=1S/C10H10FN4O6P.CH4/c11-5-4(1-16)20-10(7(5)21-22(18)19)15-3-14-6-8(15)12-2-13-9(6)17;/h2-5,7,10,16H,1H2,(H-,12,13,17,18,19);1H4/p+1/t4-,5-,7-,10-;/m1./s1. The second-order valence-electron chi connectivity index (χ2n) is 4.56. The number of aliphatic hydroxyl groups excluding tert-OH is 1. The van der Waals surface area contributed by atoms with Gasteiger partial charge in [0.2, 0.25) is 0 Å². The number of aromatic amines is 1. The molecule has 0 spiro atoms. The number of halogens is 1. The second kappa shape index (κ2) is 6.77. The highest BCUT2D eigenvalue weighted by Gasteiger charge is 2.51. The number of alkyl halides is 1. The molecule has 0 amide bonds. The lowest BCUT2D eigenvalue weighted by molar-refractivity contribution is -0.0458. The first-order valence-corrected chi connectivity index (χ1v) is 7.29. The maximum atomic E-state index is 14.2. The highest BCUT2D eigenvalue weighted by atomic mass is 31.1. The summed E-state index contributed by atoms with van der Waals surface area (Å²) >= 11 is 0. The average Bonchev–Trinajstić information content (AvgIpc) is 3.02. The van der Waals surface area contributed by atoms with Crippen LogP contribution in [0.15, 0.2) is 17.4 Å². The van der Waals surface area contributed by atoms with Crippen molar-refractivity contribution in [3.8, 4) is 0 Å². The Morgan fingerprint density at radius 2 is 2.26 bits per heavy atom.